The molecular formula is C21H17N3O4S. The maximum absolute atomic E-state index is 11.5. The first kappa shape index (κ1) is 20.2. The summed E-state index contributed by atoms with van der Waals surface area (Å²) in [5.41, 5.74) is 2.06. The molecule has 7 nitrogen and oxygen atoms in total. The monoisotopic (exact) mass is 407 g/mol. The van der Waals surface area contributed by atoms with Gasteiger partial charge in [0, 0.05) is 12.0 Å². The zero-order chi connectivity index (χ0) is 20.6. The van der Waals surface area contributed by atoms with E-state index >= 15 is 0 Å². The van der Waals surface area contributed by atoms with Gasteiger partial charge in [-0.25, -0.2) is 4.79 Å². The van der Waals surface area contributed by atoms with Crippen LogP contribution in [0.4, 0.5) is 0 Å². The second-order valence-corrected chi connectivity index (χ2v) is 6.85. The van der Waals surface area contributed by atoms with Crippen molar-refractivity contribution in [1.82, 2.24) is 10.2 Å². The van der Waals surface area contributed by atoms with Crippen molar-refractivity contribution in [3.8, 4) is 11.8 Å². The lowest BCUT2D eigenvalue weighted by molar-refractivity contribution is -0.131. The van der Waals surface area contributed by atoms with Crippen LogP contribution < -0.4 is 4.74 Å². The maximum Gasteiger partial charge on any atom is 0.342 e. The number of aryl methyl sites for hydroxylation is 1. The molecule has 0 unspecified atom stereocenters. The quantitative estimate of drug-likeness (QED) is 0.435. The van der Waals surface area contributed by atoms with Crippen LogP contribution in [0, 0.1) is 11.3 Å². The second kappa shape index (κ2) is 9.57. The van der Waals surface area contributed by atoms with E-state index in [1.165, 1.54) is 6.08 Å². The minimum absolute atomic E-state index is 0.0629. The smallest absolute Gasteiger partial charge is 0.342 e. The molecule has 0 atom stereocenters. The number of aliphatic carboxylic acids is 1. The summed E-state index contributed by atoms with van der Waals surface area (Å²) in [6, 6.07) is 16.4. The van der Waals surface area contributed by atoms with E-state index in [1.54, 1.807) is 36.4 Å². The number of hydrogen-bond donors (Lipinski definition) is 1. The van der Waals surface area contributed by atoms with Crippen LogP contribution >= 0.6 is 11.8 Å². The fourth-order valence-corrected chi connectivity index (χ4v) is 3.07. The molecule has 0 aliphatic heterocycles. The summed E-state index contributed by atoms with van der Waals surface area (Å²) >= 11 is 0.903. The molecule has 8 heteroatoms. The largest absolute Gasteiger partial charge is 0.489 e. The first-order valence-corrected chi connectivity index (χ1v) is 9.56. The van der Waals surface area contributed by atoms with E-state index in [0.717, 1.165) is 17.3 Å². The third kappa shape index (κ3) is 5.46. The predicted octanol–water partition coefficient (Wildman–Crippen LogP) is 4.30. The van der Waals surface area contributed by atoms with E-state index in [4.69, 9.17) is 14.4 Å². The Morgan fingerprint density at radius 2 is 2.00 bits per heavy atom. The van der Waals surface area contributed by atoms with Crippen molar-refractivity contribution in [3.63, 3.8) is 0 Å². The molecule has 1 N–H and O–H groups in total. The van der Waals surface area contributed by atoms with Gasteiger partial charge in [0.25, 0.3) is 5.22 Å². The molecule has 0 fully saturated rings. The molecule has 2 aromatic carbocycles. The molecule has 1 aromatic heterocycles. The van der Waals surface area contributed by atoms with Gasteiger partial charge in [0.15, 0.2) is 0 Å². The molecule has 0 aliphatic carbocycles. The highest BCUT2D eigenvalue weighted by atomic mass is 32.2. The number of carboxylic acids is 1. The first-order valence-electron chi connectivity index (χ1n) is 8.75. The van der Waals surface area contributed by atoms with Crippen molar-refractivity contribution >= 4 is 23.8 Å². The number of carboxylic acid groups (broad SMARTS) is 1. The number of rotatable bonds is 8. The number of nitrogens with zero attached hydrogens (tertiary/aromatic N) is 3. The SMILES string of the molecule is CCc1nnc(S/C(=C\c2ccc(OCc3ccccc3C#N)cc2)C(=O)O)o1. The van der Waals surface area contributed by atoms with Gasteiger partial charge in [-0.2, -0.15) is 5.26 Å². The molecule has 3 aromatic rings. The van der Waals surface area contributed by atoms with Crippen LogP contribution in [0.2, 0.25) is 0 Å². The average Bonchev–Trinajstić information content (AvgIpc) is 3.20. The summed E-state index contributed by atoms with van der Waals surface area (Å²) < 4.78 is 11.1. The number of thioether (sulfide) groups is 1. The first-order chi connectivity index (χ1) is 14.1. The number of ether oxygens (including phenoxy) is 1. The van der Waals surface area contributed by atoms with Crippen molar-refractivity contribution in [2.75, 3.05) is 0 Å². The molecule has 0 aliphatic rings. The Labute approximate surface area is 171 Å². The topological polar surface area (TPSA) is 109 Å². The van der Waals surface area contributed by atoms with Gasteiger partial charge in [-0.15, -0.1) is 10.2 Å². The van der Waals surface area contributed by atoms with Crippen molar-refractivity contribution < 1.29 is 19.1 Å². The van der Waals surface area contributed by atoms with Crippen LogP contribution in [0.25, 0.3) is 6.08 Å². The van der Waals surface area contributed by atoms with E-state index in [9.17, 15) is 9.90 Å². The standard InChI is InChI=1S/C21H17N3O4S/c1-2-19-23-24-21(28-19)29-18(20(25)26)11-14-7-9-17(10-8-14)27-13-16-6-4-3-5-15(16)12-22/h3-11H,2,13H2,1H3,(H,25,26)/b18-11-. The summed E-state index contributed by atoms with van der Waals surface area (Å²) in [6.07, 6.45) is 2.11. The normalized spacial score (nSPS) is 11.1. The third-order valence-corrected chi connectivity index (χ3v) is 4.72. The molecule has 146 valence electrons. The number of aromatic nitrogens is 2. The summed E-state index contributed by atoms with van der Waals surface area (Å²) in [5, 5.41) is 26.4. The molecule has 0 amide bonds. The highest BCUT2D eigenvalue weighted by Gasteiger charge is 2.14. The Balaban J connectivity index is 1.69. The summed E-state index contributed by atoms with van der Waals surface area (Å²) in [5.74, 6) is -0.0136. The minimum atomic E-state index is -1.08. The van der Waals surface area contributed by atoms with Gasteiger partial charge < -0.3 is 14.3 Å². The van der Waals surface area contributed by atoms with Crippen molar-refractivity contribution in [2.24, 2.45) is 0 Å². The molecular weight excluding hydrogens is 390 g/mol. The van der Waals surface area contributed by atoms with Crippen LogP contribution in [-0.2, 0) is 17.8 Å². The Morgan fingerprint density at radius 1 is 1.24 bits per heavy atom. The van der Waals surface area contributed by atoms with Gasteiger partial charge >= 0.3 is 5.97 Å². The fraction of sp³-hybridized carbons (Fsp3) is 0.143. The maximum atomic E-state index is 11.5. The van der Waals surface area contributed by atoms with Crippen molar-refractivity contribution in [3.05, 3.63) is 76.0 Å². The predicted molar refractivity (Wildman–Crippen MR) is 107 cm³/mol. The van der Waals surface area contributed by atoms with Gasteiger partial charge in [0.1, 0.15) is 17.3 Å². The highest BCUT2D eigenvalue weighted by Crippen LogP contribution is 2.28. The zero-order valence-electron chi connectivity index (χ0n) is 15.5. The number of nitriles is 1. The van der Waals surface area contributed by atoms with E-state index in [-0.39, 0.29) is 16.7 Å². The summed E-state index contributed by atoms with van der Waals surface area (Å²) in [4.78, 5) is 11.6. The Morgan fingerprint density at radius 3 is 2.66 bits per heavy atom. The van der Waals surface area contributed by atoms with Gasteiger partial charge in [0.2, 0.25) is 5.89 Å². The van der Waals surface area contributed by atoms with E-state index < -0.39 is 5.97 Å². The Kier molecular flexibility index (Phi) is 6.66. The van der Waals surface area contributed by atoms with Gasteiger partial charge in [-0.3, -0.25) is 0 Å². The van der Waals surface area contributed by atoms with E-state index in [2.05, 4.69) is 16.3 Å². The summed E-state index contributed by atoms with van der Waals surface area (Å²) in [7, 11) is 0. The lowest BCUT2D eigenvalue weighted by Crippen LogP contribution is -1.98. The van der Waals surface area contributed by atoms with Crippen LogP contribution in [0.1, 0.15) is 29.5 Å². The minimum Gasteiger partial charge on any atom is -0.489 e. The molecule has 3 rings (SSSR count). The van der Waals surface area contributed by atoms with Crippen molar-refractivity contribution in [1.29, 1.82) is 5.26 Å². The molecule has 1 heterocycles. The number of benzene rings is 2. The molecule has 0 saturated heterocycles. The second-order valence-electron chi connectivity index (χ2n) is 5.86. The van der Waals surface area contributed by atoms with Gasteiger partial charge in [-0.1, -0.05) is 37.3 Å². The molecule has 0 bridgehead atoms. The third-order valence-electron chi connectivity index (χ3n) is 3.87. The lowest BCUT2D eigenvalue weighted by Gasteiger charge is -2.08. The van der Waals surface area contributed by atoms with Crippen molar-refractivity contribution in [2.45, 2.75) is 25.2 Å². The van der Waals surface area contributed by atoms with Gasteiger partial charge in [0.05, 0.1) is 11.6 Å². The van der Waals surface area contributed by atoms with E-state index in [0.29, 0.717) is 29.2 Å². The molecule has 0 radical (unpaired) electrons. The van der Waals surface area contributed by atoms with E-state index in [1.807, 2.05) is 19.1 Å². The highest BCUT2D eigenvalue weighted by molar-refractivity contribution is 8.03. The van der Waals surface area contributed by atoms with Crippen LogP contribution in [0.15, 0.2) is 63.1 Å². The Bertz CT molecular complexity index is 1070. The average molecular weight is 407 g/mol. The summed E-state index contributed by atoms with van der Waals surface area (Å²) in [6.45, 7) is 2.14. The number of carbonyl (C=O) groups is 1. The lowest BCUT2D eigenvalue weighted by atomic mass is 10.1. The molecule has 0 spiro atoms. The van der Waals surface area contributed by atoms with Crippen LogP contribution in [0.3, 0.4) is 0 Å². The molecule has 0 saturated carbocycles. The Hall–Kier alpha value is -3.57. The van der Waals surface area contributed by atoms with Crippen LogP contribution in [-0.4, -0.2) is 21.3 Å². The molecule has 29 heavy (non-hydrogen) atoms. The fourth-order valence-electron chi connectivity index (χ4n) is 2.38. The zero-order valence-corrected chi connectivity index (χ0v) is 16.3. The number of hydrogen-bond acceptors (Lipinski definition) is 7. The van der Waals surface area contributed by atoms with Crippen LogP contribution in [0.5, 0.6) is 5.75 Å². The van der Waals surface area contributed by atoms with Gasteiger partial charge in [-0.05, 0) is 41.6 Å².